The lowest BCUT2D eigenvalue weighted by Gasteiger charge is -2.39. The van der Waals surface area contributed by atoms with Crippen molar-refractivity contribution < 1.29 is 41.0 Å². The number of carboxylic acid groups (broad SMARTS) is 1. The van der Waals surface area contributed by atoms with Gasteiger partial charge in [0.2, 0.25) is 5.95 Å². The number of amides is 1. The second-order valence-electron chi connectivity index (χ2n) is 10.6. The van der Waals surface area contributed by atoms with E-state index >= 15 is 0 Å². The van der Waals surface area contributed by atoms with Crippen LogP contribution in [0.3, 0.4) is 0 Å². The van der Waals surface area contributed by atoms with Gasteiger partial charge in [-0.25, -0.2) is 19.4 Å². The van der Waals surface area contributed by atoms with Crippen LogP contribution in [0.25, 0.3) is 6.08 Å². The Kier molecular flexibility index (Phi) is 9.84. The van der Waals surface area contributed by atoms with Crippen molar-refractivity contribution in [1.82, 2.24) is 24.6 Å². The zero-order chi connectivity index (χ0) is 30.6. The van der Waals surface area contributed by atoms with Crippen LogP contribution in [0.15, 0.2) is 29.3 Å². The maximum absolute atomic E-state index is 13.7. The zero-order valence-corrected chi connectivity index (χ0v) is 23.5. The molecule has 3 rings (SSSR count). The lowest BCUT2D eigenvalue weighted by molar-refractivity contribution is -0.139. The quantitative estimate of drug-likeness (QED) is 0.249. The first kappa shape index (κ1) is 32.0. The van der Waals surface area contributed by atoms with Gasteiger partial charge in [-0.15, -0.1) is 0 Å². The van der Waals surface area contributed by atoms with Gasteiger partial charge in [0.25, 0.3) is 5.56 Å². The fraction of sp³-hybridized carbons (Fsp3) is 0.542. The van der Waals surface area contributed by atoms with Crippen molar-refractivity contribution in [3.8, 4) is 0 Å². The highest BCUT2D eigenvalue weighted by molar-refractivity contribution is 6.76. The van der Waals surface area contributed by atoms with Gasteiger partial charge in [0, 0.05) is 52.8 Å². The summed E-state index contributed by atoms with van der Waals surface area (Å²) in [5, 5.41) is 13.4. The summed E-state index contributed by atoms with van der Waals surface area (Å²) in [4.78, 5) is 34.1. The van der Waals surface area contributed by atoms with Crippen LogP contribution in [0, 0.1) is 0 Å². The lowest BCUT2D eigenvalue weighted by atomic mass is 10.1. The monoisotopic (exact) mass is 608 g/mol. The molecule has 1 fully saturated rings. The van der Waals surface area contributed by atoms with Crippen molar-refractivity contribution in [3.05, 3.63) is 51.7 Å². The van der Waals surface area contributed by atoms with Crippen LogP contribution < -0.4 is 10.5 Å². The Morgan fingerprint density at radius 3 is 2.34 bits per heavy atom. The molecule has 226 valence electrons. The Hall–Kier alpha value is -3.47. The molecule has 0 saturated carbocycles. The molecule has 1 amide bonds. The number of carbonyl (C=O) groups is 1. The van der Waals surface area contributed by atoms with E-state index in [-0.39, 0.29) is 38.7 Å². The van der Waals surface area contributed by atoms with E-state index in [0.29, 0.717) is 25.1 Å². The topological polar surface area (TPSA) is 114 Å². The molecule has 10 nitrogen and oxygen atoms in total. The van der Waals surface area contributed by atoms with Gasteiger partial charge in [-0.1, -0.05) is 25.7 Å². The number of rotatable bonds is 9. The van der Waals surface area contributed by atoms with Gasteiger partial charge in [0.1, 0.15) is 6.73 Å². The van der Waals surface area contributed by atoms with Gasteiger partial charge in [-0.3, -0.25) is 4.79 Å². The van der Waals surface area contributed by atoms with Crippen molar-refractivity contribution in [2.24, 2.45) is 0 Å². The van der Waals surface area contributed by atoms with Gasteiger partial charge in [-0.2, -0.15) is 31.4 Å². The van der Waals surface area contributed by atoms with Gasteiger partial charge >= 0.3 is 18.4 Å². The highest BCUT2D eigenvalue weighted by Crippen LogP contribution is 2.31. The minimum atomic E-state index is -4.88. The van der Waals surface area contributed by atoms with Crippen molar-refractivity contribution in [2.45, 2.75) is 57.2 Å². The third-order valence-corrected chi connectivity index (χ3v) is 7.91. The van der Waals surface area contributed by atoms with E-state index in [1.54, 1.807) is 0 Å². The van der Waals surface area contributed by atoms with E-state index in [9.17, 15) is 41.0 Å². The van der Waals surface area contributed by atoms with Crippen molar-refractivity contribution in [1.29, 1.82) is 0 Å². The Labute approximate surface area is 232 Å². The number of halogens is 6. The molecule has 1 saturated heterocycles. The van der Waals surface area contributed by atoms with Crippen molar-refractivity contribution in [3.63, 3.8) is 0 Å². The van der Waals surface area contributed by atoms with Gasteiger partial charge in [0.05, 0.1) is 22.9 Å². The summed E-state index contributed by atoms with van der Waals surface area (Å²) in [6, 6.07) is 0.432. The van der Waals surface area contributed by atoms with Gasteiger partial charge < -0.3 is 19.6 Å². The van der Waals surface area contributed by atoms with Crippen molar-refractivity contribution in [2.75, 3.05) is 31.1 Å². The first-order valence-electron chi connectivity index (χ1n) is 12.5. The van der Waals surface area contributed by atoms with Gasteiger partial charge in [-0.05, 0) is 18.5 Å². The number of piperazine rings is 1. The number of aromatic nitrogens is 4. The summed E-state index contributed by atoms with van der Waals surface area (Å²) in [7, 11) is -1.43. The van der Waals surface area contributed by atoms with Crippen molar-refractivity contribution >= 4 is 26.2 Å². The molecule has 2 aromatic heterocycles. The molecule has 1 aliphatic rings. The van der Waals surface area contributed by atoms with Crippen LogP contribution in [-0.4, -0.2) is 76.2 Å². The molecule has 1 aliphatic heterocycles. The molecule has 0 spiro atoms. The molecular weight excluding hydrogens is 578 g/mol. The molecular formula is C24H30F6N6O4Si. The first-order valence-corrected chi connectivity index (χ1v) is 16.2. The smallest absolute Gasteiger partial charge is 0.419 e. The van der Waals surface area contributed by atoms with E-state index in [0.717, 1.165) is 21.7 Å². The second kappa shape index (κ2) is 12.6. The third kappa shape index (κ3) is 9.01. The Morgan fingerprint density at radius 2 is 1.78 bits per heavy atom. The molecule has 1 unspecified atom stereocenters. The van der Waals surface area contributed by atoms with Crippen LogP contribution >= 0.6 is 0 Å². The second-order valence-corrected chi connectivity index (χ2v) is 16.2. The van der Waals surface area contributed by atoms with Crippen LogP contribution in [-0.2, 0) is 23.8 Å². The summed E-state index contributed by atoms with van der Waals surface area (Å²) >= 11 is 0. The van der Waals surface area contributed by atoms with E-state index in [1.165, 1.54) is 11.0 Å². The lowest BCUT2D eigenvalue weighted by Crippen LogP contribution is -2.55. The standard InChI is InChI=1S/C24H30F6N6O4Si/c1-41(2,3)10-9-40-15-36-20(37)11-18(24(28,29)30)19(33-36)6-4-5-17-14-34(7-8-35(17)22(38)39)21-31-12-16(13-32-21)23(25,26)27/h4,6,11-13,17H,5,7-10,14-15H2,1-3H3,(H,38,39)/b6-4+. The molecule has 3 heterocycles. The van der Waals surface area contributed by atoms with E-state index < -0.39 is 54.9 Å². The highest BCUT2D eigenvalue weighted by Gasteiger charge is 2.36. The minimum Gasteiger partial charge on any atom is -0.465 e. The summed E-state index contributed by atoms with van der Waals surface area (Å²) in [5.41, 5.74) is -3.83. The molecule has 17 heteroatoms. The summed E-state index contributed by atoms with van der Waals surface area (Å²) in [5.74, 6) is -0.0424. The molecule has 1 atom stereocenters. The molecule has 0 aliphatic carbocycles. The number of alkyl halides is 6. The predicted molar refractivity (Wildman–Crippen MR) is 139 cm³/mol. The minimum absolute atomic E-state index is 0.0218. The van der Waals surface area contributed by atoms with Crippen LogP contribution in [0.4, 0.5) is 37.1 Å². The molecule has 0 radical (unpaired) electrons. The van der Waals surface area contributed by atoms with Crippen LogP contribution in [0.2, 0.25) is 25.7 Å². The van der Waals surface area contributed by atoms with Crippen LogP contribution in [0.5, 0.6) is 0 Å². The summed E-state index contributed by atoms with van der Waals surface area (Å²) < 4.78 is 85.7. The Bertz CT molecular complexity index is 1290. The van der Waals surface area contributed by atoms with Gasteiger partial charge in [0.15, 0.2) is 0 Å². The normalized spacial score (nSPS) is 17.0. The fourth-order valence-corrected chi connectivity index (χ4v) is 4.69. The number of nitrogens with zero attached hydrogens (tertiary/aromatic N) is 6. The molecule has 0 aromatic carbocycles. The Balaban J connectivity index is 1.79. The molecule has 41 heavy (non-hydrogen) atoms. The maximum atomic E-state index is 13.7. The average Bonchev–Trinajstić information content (AvgIpc) is 2.86. The first-order chi connectivity index (χ1) is 19.0. The molecule has 0 bridgehead atoms. The number of hydrogen-bond acceptors (Lipinski definition) is 7. The fourth-order valence-electron chi connectivity index (χ4n) is 3.94. The van der Waals surface area contributed by atoms with E-state index in [1.807, 2.05) is 0 Å². The number of hydrogen-bond donors (Lipinski definition) is 1. The highest BCUT2D eigenvalue weighted by atomic mass is 28.3. The molecule has 1 N–H and O–H groups in total. The summed E-state index contributed by atoms with van der Waals surface area (Å²) in [6.45, 7) is 6.39. The third-order valence-electron chi connectivity index (χ3n) is 6.20. The van der Waals surface area contributed by atoms with E-state index in [2.05, 4.69) is 34.7 Å². The SMILES string of the molecule is C[Si](C)(C)CCOCn1nc(/C=C/CC2CN(c3ncc(C(F)(F)F)cn3)CCN2C(=O)O)c(C(F)(F)F)cc1=O. The maximum Gasteiger partial charge on any atom is 0.419 e. The largest absolute Gasteiger partial charge is 0.465 e. The molecule has 2 aromatic rings. The number of anilines is 1. The summed E-state index contributed by atoms with van der Waals surface area (Å²) in [6.07, 6.45) is -7.24. The van der Waals surface area contributed by atoms with E-state index in [4.69, 9.17) is 4.74 Å². The average molecular weight is 609 g/mol. The van der Waals surface area contributed by atoms with Crippen LogP contribution in [0.1, 0.15) is 23.2 Å². The number of ether oxygens (including phenoxy) is 1. The Morgan fingerprint density at radius 1 is 1.12 bits per heavy atom. The zero-order valence-electron chi connectivity index (χ0n) is 22.5. The predicted octanol–water partition coefficient (Wildman–Crippen LogP) is 4.66.